The third-order valence-corrected chi connectivity index (χ3v) is 8.62. The van der Waals surface area contributed by atoms with E-state index in [0.29, 0.717) is 4.90 Å². The quantitative estimate of drug-likeness (QED) is 0.526. The molecule has 1 aromatic heterocycles. The summed E-state index contributed by atoms with van der Waals surface area (Å²) in [6.45, 7) is 4.68. The number of benzene rings is 2. The van der Waals surface area contributed by atoms with Crippen LogP contribution in [0.15, 0.2) is 47.5 Å². The molecule has 2 saturated heterocycles. The van der Waals surface area contributed by atoms with E-state index < -0.39 is 9.73 Å². The van der Waals surface area contributed by atoms with Crippen molar-refractivity contribution in [3.63, 3.8) is 0 Å². The van der Waals surface area contributed by atoms with E-state index in [0.717, 1.165) is 56.6 Å². The van der Waals surface area contributed by atoms with Gasteiger partial charge in [0.05, 0.1) is 22.4 Å². The van der Waals surface area contributed by atoms with Crippen LogP contribution in [0.5, 0.6) is 5.75 Å². The van der Waals surface area contributed by atoms with Gasteiger partial charge in [-0.2, -0.15) is 0 Å². The van der Waals surface area contributed by atoms with Crippen molar-refractivity contribution in [3.05, 3.63) is 59.3 Å². The molecule has 3 heterocycles. The van der Waals surface area contributed by atoms with Gasteiger partial charge >= 0.3 is 0 Å². The molecule has 1 spiro atoms. The van der Waals surface area contributed by atoms with Crippen LogP contribution in [0.4, 0.5) is 0 Å². The molecule has 33 heavy (non-hydrogen) atoms. The predicted octanol–water partition coefficient (Wildman–Crippen LogP) is 5.41. The molecule has 1 unspecified atom stereocenters. The van der Waals surface area contributed by atoms with E-state index in [1.165, 1.54) is 28.3 Å². The van der Waals surface area contributed by atoms with Gasteiger partial charge < -0.3 is 14.5 Å². The minimum atomic E-state index is -2.72. The molecule has 176 valence electrons. The monoisotopic (exact) mass is 467 g/mol. The Bertz CT molecular complexity index is 1260. The van der Waals surface area contributed by atoms with Crippen LogP contribution in [0.1, 0.15) is 48.4 Å². The van der Waals surface area contributed by atoms with Crippen LogP contribution in [0, 0.1) is 11.7 Å². The van der Waals surface area contributed by atoms with Gasteiger partial charge in [-0.05, 0) is 68.0 Å². The van der Waals surface area contributed by atoms with E-state index >= 15 is 0 Å². The van der Waals surface area contributed by atoms with Crippen LogP contribution >= 0.6 is 0 Å². The molecule has 0 amide bonds. The van der Waals surface area contributed by atoms with Crippen molar-refractivity contribution in [2.24, 2.45) is 0 Å². The number of piperidine rings is 1. The highest BCUT2D eigenvalue weighted by Crippen LogP contribution is 2.45. The lowest BCUT2D eigenvalue weighted by molar-refractivity contribution is -0.0676. The number of nitrogens with zero attached hydrogens (tertiary/aromatic N) is 1. The molecule has 2 aromatic carbocycles. The summed E-state index contributed by atoms with van der Waals surface area (Å²) in [6.07, 6.45) is 7.68. The highest BCUT2D eigenvalue weighted by atomic mass is 32.2. The zero-order valence-electron chi connectivity index (χ0n) is 19.6. The topological polar surface area (TPSA) is 78.4 Å². The van der Waals surface area contributed by atoms with Crippen molar-refractivity contribution in [1.82, 2.24) is 9.88 Å². The molecule has 6 nitrogen and oxygen atoms in total. The highest BCUT2D eigenvalue weighted by Gasteiger charge is 2.43. The zero-order valence-corrected chi connectivity index (χ0v) is 20.5. The maximum absolute atomic E-state index is 12.2. The highest BCUT2D eigenvalue weighted by molar-refractivity contribution is 7.91. The Morgan fingerprint density at radius 2 is 2.06 bits per heavy atom. The molecule has 7 heteroatoms. The number of aromatic nitrogens is 1. The maximum Gasteiger partial charge on any atom is 0.124 e. The molecular formula is C26H33N3O3S. The lowest BCUT2D eigenvalue weighted by atomic mass is 9.81. The van der Waals surface area contributed by atoms with Gasteiger partial charge in [0.25, 0.3) is 0 Å². The number of hydrogen-bond acceptors (Lipinski definition) is 5. The van der Waals surface area contributed by atoms with Gasteiger partial charge in [0.1, 0.15) is 5.75 Å². The van der Waals surface area contributed by atoms with Crippen molar-refractivity contribution in [1.29, 1.82) is 4.78 Å². The van der Waals surface area contributed by atoms with Crippen LogP contribution < -0.4 is 4.74 Å². The average Bonchev–Trinajstić information content (AvgIpc) is 3.47. The molecule has 0 saturated carbocycles. The average molecular weight is 468 g/mol. The van der Waals surface area contributed by atoms with Crippen molar-refractivity contribution in [2.45, 2.75) is 55.7 Å². The Morgan fingerprint density at radius 1 is 1.27 bits per heavy atom. The number of fused-ring (bicyclic) bond motifs is 1. The Labute approximate surface area is 196 Å². The van der Waals surface area contributed by atoms with Crippen LogP contribution in [-0.4, -0.2) is 46.2 Å². The van der Waals surface area contributed by atoms with Gasteiger partial charge in [-0.15, -0.1) is 0 Å². The number of H-pyrrole nitrogens is 1. The van der Waals surface area contributed by atoms with Gasteiger partial charge in [0, 0.05) is 59.6 Å². The fraction of sp³-hybridized carbons (Fsp3) is 0.462. The summed E-state index contributed by atoms with van der Waals surface area (Å²) in [5.74, 6) is 0.922. The van der Waals surface area contributed by atoms with Gasteiger partial charge in [0.15, 0.2) is 0 Å². The van der Waals surface area contributed by atoms with E-state index in [9.17, 15) is 4.21 Å². The van der Waals surface area contributed by atoms with Crippen molar-refractivity contribution >= 4 is 20.6 Å². The number of ether oxygens (including phenoxy) is 2. The number of rotatable bonds is 5. The van der Waals surface area contributed by atoms with E-state index in [1.807, 2.05) is 18.3 Å². The molecule has 3 aromatic rings. The zero-order chi connectivity index (χ0) is 23.2. The van der Waals surface area contributed by atoms with Gasteiger partial charge in [-0.1, -0.05) is 12.1 Å². The largest absolute Gasteiger partial charge is 0.496 e. The summed E-state index contributed by atoms with van der Waals surface area (Å²) >= 11 is 0. The molecule has 0 aliphatic carbocycles. The number of aryl methyl sites for hydroxylation is 1. The van der Waals surface area contributed by atoms with E-state index in [4.69, 9.17) is 14.3 Å². The lowest BCUT2D eigenvalue weighted by Gasteiger charge is -2.45. The van der Waals surface area contributed by atoms with Gasteiger partial charge in [-0.3, -0.25) is 4.90 Å². The van der Waals surface area contributed by atoms with E-state index in [1.54, 1.807) is 7.11 Å². The first-order valence-electron chi connectivity index (χ1n) is 11.6. The van der Waals surface area contributed by atoms with Crippen LogP contribution in [-0.2, 0) is 21.0 Å². The normalized spacial score (nSPS) is 25.5. The summed E-state index contributed by atoms with van der Waals surface area (Å²) in [6, 6.07) is 12.3. The maximum atomic E-state index is 12.2. The first-order valence-corrected chi connectivity index (χ1v) is 13.6. The first kappa shape index (κ1) is 22.4. The second-order valence-corrected chi connectivity index (χ2v) is 11.8. The SMILES string of the molecule is COc1cc(C)c2[nH]ccc2c1CN1CCC2(CCCO2)C[C@H]1c1ccc([S@@](C)(=N)=O)cc1. The smallest absolute Gasteiger partial charge is 0.124 e. The van der Waals surface area contributed by atoms with E-state index in [-0.39, 0.29) is 11.6 Å². The molecule has 0 bridgehead atoms. The molecule has 0 radical (unpaired) electrons. The third kappa shape index (κ3) is 4.18. The number of methoxy groups -OCH3 is 1. The summed E-state index contributed by atoms with van der Waals surface area (Å²) in [7, 11) is -0.980. The summed E-state index contributed by atoms with van der Waals surface area (Å²) in [4.78, 5) is 6.49. The third-order valence-electron chi connectivity index (χ3n) is 7.45. The van der Waals surface area contributed by atoms with Crippen LogP contribution in [0.25, 0.3) is 10.9 Å². The fourth-order valence-electron chi connectivity index (χ4n) is 5.65. The molecular weight excluding hydrogens is 434 g/mol. The standard InChI is InChI=1S/C26H33N3O3S/c1-18-15-24(31-2)22(21-9-12-28-25(18)21)17-29-13-11-26(10-4-14-32-26)16-23(29)19-5-7-20(8-6-19)33(3,27)30/h5-9,12,15,23,27-28H,4,10-11,13-14,16-17H2,1-3H3/t23-,26?,33-/m0/s1. The number of aromatic amines is 1. The molecule has 2 N–H and O–H groups in total. The minimum Gasteiger partial charge on any atom is -0.496 e. The molecule has 2 aliphatic rings. The van der Waals surface area contributed by atoms with E-state index in [2.05, 4.69) is 41.1 Å². The van der Waals surface area contributed by atoms with Gasteiger partial charge in [-0.25, -0.2) is 8.99 Å². The second-order valence-electron chi connectivity index (χ2n) is 9.63. The minimum absolute atomic E-state index is 0.0473. The Kier molecular flexibility index (Phi) is 5.75. The lowest BCUT2D eigenvalue weighted by Crippen LogP contribution is -2.45. The summed E-state index contributed by atoms with van der Waals surface area (Å²) in [5, 5.41) is 1.21. The molecule has 5 rings (SSSR count). The predicted molar refractivity (Wildman–Crippen MR) is 131 cm³/mol. The van der Waals surface area contributed by atoms with Crippen LogP contribution in [0.3, 0.4) is 0 Å². The Hall–Kier alpha value is -2.35. The van der Waals surface area contributed by atoms with Gasteiger partial charge in [0.2, 0.25) is 0 Å². The number of hydrogen-bond donors (Lipinski definition) is 2. The van der Waals surface area contributed by atoms with Crippen molar-refractivity contribution in [3.8, 4) is 5.75 Å². The number of nitrogens with one attached hydrogen (secondary N) is 2. The summed E-state index contributed by atoms with van der Waals surface area (Å²) in [5.41, 5.74) is 4.68. The molecule has 2 aliphatic heterocycles. The number of likely N-dealkylation sites (tertiary alicyclic amines) is 1. The Morgan fingerprint density at radius 3 is 2.73 bits per heavy atom. The second kappa shape index (κ2) is 8.46. The Balaban J connectivity index is 1.53. The molecule has 2 fully saturated rings. The molecule has 3 atom stereocenters. The summed E-state index contributed by atoms with van der Waals surface area (Å²) < 4.78 is 32.2. The van der Waals surface area contributed by atoms with Crippen LogP contribution in [0.2, 0.25) is 0 Å². The fourth-order valence-corrected chi connectivity index (χ4v) is 6.31. The first-order chi connectivity index (χ1) is 15.8. The van der Waals surface area contributed by atoms with Crippen molar-refractivity contribution in [2.75, 3.05) is 26.5 Å². The van der Waals surface area contributed by atoms with Crippen molar-refractivity contribution < 1.29 is 13.7 Å².